The minimum absolute atomic E-state index is 0.0656. The van der Waals surface area contributed by atoms with Crippen LogP contribution in [0.5, 0.6) is 5.75 Å². The van der Waals surface area contributed by atoms with Crippen LogP contribution >= 0.6 is 0 Å². The number of hydrogen-bond donors (Lipinski definition) is 2. The zero-order valence-electron chi connectivity index (χ0n) is 18.2. The van der Waals surface area contributed by atoms with Crippen LogP contribution in [0.15, 0.2) is 42.5 Å². The monoisotopic (exact) mass is 491 g/mol. The van der Waals surface area contributed by atoms with Gasteiger partial charge in [0.05, 0.1) is 0 Å². The lowest BCUT2D eigenvalue weighted by atomic mass is 10.0. The van der Waals surface area contributed by atoms with Crippen LogP contribution in [0.25, 0.3) is 0 Å². The molecule has 2 N–H and O–H groups in total. The third-order valence-corrected chi connectivity index (χ3v) is 5.56. The van der Waals surface area contributed by atoms with Crippen LogP contribution in [0.3, 0.4) is 0 Å². The maximum Gasteiger partial charge on any atom is 0.573 e. The molecule has 184 valence electrons. The summed E-state index contributed by atoms with van der Waals surface area (Å²) in [6, 6.07) is 9.31. The lowest BCUT2D eigenvalue weighted by Gasteiger charge is -2.29. The molecule has 0 aliphatic carbocycles. The first-order valence-corrected chi connectivity index (χ1v) is 10.6. The molecule has 0 bridgehead atoms. The summed E-state index contributed by atoms with van der Waals surface area (Å²) in [4.78, 5) is 49.8. The van der Waals surface area contributed by atoms with Crippen molar-refractivity contribution < 1.29 is 41.8 Å². The van der Waals surface area contributed by atoms with Gasteiger partial charge in [0.2, 0.25) is 11.8 Å². The van der Waals surface area contributed by atoms with Crippen LogP contribution in [0.1, 0.15) is 39.9 Å². The second kappa shape index (κ2) is 9.65. The van der Waals surface area contributed by atoms with Crippen molar-refractivity contribution in [1.82, 2.24) is 15.5 Å². The van der Waals surface area contributed by atoms with Crippen molar-refractivity contribution in [2.75, 3.05) is 0 Å². The summed E-state index contributed by atoms with van der Waals surface area (Å²) < 4.78 is 45.4. The Morgan fingerprint density at radius 3 is 2.49 bits per heavy atom. The predicted molar refractivity (Wildman–Crippen MR) is 113 cm³/mol. The van der Waals surface area contributed by atoms with Gasteiger partial charge in [-0.05, 0) is 41.3 Å². The molecule has 4 rings (SSSR count). The Morgan fingerprint density at radius 1 is 1.09 bits per heavy atom. The molecule has 2 aromatic carbocycles. The molecule has 9 nitrogen and oxygen atoms in total. The number of fused-ring (bicyclic) bond motifs is 1. The molecule has 0 spiro atoms. The van der Waals surface area contributed by atoms with Gasteiger partial charge in [-0.25, -0.2) is 4.79 Å². The first kappa shape index (κ1) is 24.0. The van der Waals surface area contributed by atoms with Crippen LogP contribution in [0, 0.1) is 0 Å². The SMILES string of the molecule is O=C1CCC(N2Cc3ccc(CNC(=O)OCc4ccc(OC(F)(F)F)cc4)cc3C2=O)C(=O)N1. The van der Waals surface area contributed by atoms with Gasteiger partial charge in [0.25, 0.3) is 5.91 Å². The highest BCUT2D eigenvalue weighted by molar-refractivity contribution is 6.05. The molecule has 0 aromatic heterocycles. The van der Waals surface area contributed by atoms with Crippen molar-refractivity contribution in [3.63, 3.8) is 0 Å². The molecule has 2 aromatic rings. The largest absolute Gasteiger partial charge is 0.573 e. The Morgan fingerprint density at radius 2 is 1.80 bits per heavy atom. The summed E-state index contributed by atoms with van der Waals surface area (Å²) >= 11 is 0. The minimum Gasteiger partial charge on any atom is -0.445 e. The molecule has 2 aliphatic heterocycles. The summed E-state index contributed by atoms with van der Waals surface area (Å²) in [6.07, 6.45) is -5.11. The molecule has 0 radical (unpaired) electrons. The number of alkyl carbamates (subject to hydrolysis) is 1. The fourth-order valence-corrected chi connectivity index (χ4v) is 3.87. The van der Waals surface area contributed by atoms with E-state index in [1.807, 2.05) is 0 Å². The molecular weight excluding hydrogens is 471 g/mol. The number of ether oxygens (including phenoxy) is 2. The van der Waals surface area contributed by atoms with Gasteiger partial charge >= 0.3 is 12.5 Å². The third kappa shape index (κ3) is 5.89. The number of rotatable bonds is 6. The van der Waals surface area contributed by atoms with E-state index in [0.29, 0.717) is 16.7 Å². The fraction of sp³-hybridized carbons (Fsp3) is 0.304. The quantitative estimate of drug-likeness (QED) is 0.601. The summed E-state index contributed by atoms with van der Waals surface area (Å²) in [5.74, 6) is -1.55. The fourth-order valence-electron chi connectivity index (χ4n) is 3.87. The van der Waals surface area contributed by atoms with Gasteiger partial charge in [-0.15, -0.1) is 13.2 Å². The highest BCUT2D eigenvalue weighted by atomic mass is 19.4. The van der Waals surface area contributed by atoms with Crippen LogP contribution < -0.4 is 15.4 Å². The number of alkyl halides is 3. The number of imide groups is 1. The van der Waals surface area contributed by atoms with E-state index < -0.39 is 24.4 Å². The molecule has 35 heavy (non-hydrogen) atoms. The standard InChI is InChI=1S/C23H20F3N3O6/c24-23(25,26)35-16-5-2-13(3-6-16)12-34-22(33)27-10-14-1-4-15-11-29(21(32)17(15)9-14)18-7-8-19(30)28-20(18)31/h1-6,9,18H,7-8,10-12H2,(H,27,33)(H,28,30,31). The van der Waals surface area contributed by atoms with E-state index in [4.69, 9.17) is 4.74 Å². The lowest BCUT2D eigenvalue weighted by molar-refractivity contribution is -0.274. The summed E-state index contributed by atoms with van der Waals surface area (Å²) in [5.41, 5.74) is 2.26. The minimum atomic E-state index is -4.79. The maximum absolute atomic E-state index is 12.9. The number of halogens is 3. The highest BCUT2D eigenvalue weighted by Gasteiger charge is 2.39. The van der Waals surface area contributed by atoms with E-state index in [9.17, 15) is 32.3 Å². The van der Waals surface area contributed by atoms with Gasteiger partial charge in [-0.3, -0.25) is 19.7 Å². The lowest BCUT2D eigenvalue weighted by Crippen LogP contribution is -2.52. The van der Waals surface area contributed by atoms with Gasteiger partial charge in [0, 0.05) is 25.1 Å². The van der Waals surface area contributed by atoms with E-state index in [2.05, 4.69) is 15.4 Å². The highest BCUT2D eigenvalue weighted by Crippen LogP contribution is 2.28. The number of hydrogen-bond acceptors (Lipinski definition) is 6. The Hall–Kier alpha value is -4.09. The van der Waals surface area contributed by atoms with Gasteiger partial charge in [-0.1, -0.05) is 24.3 Å². The van der Waals surface area contributed by atoms with Crippen molar-refractivity contribution in [3.05, 3.63) is 64.7 Å². The smallest absolute Gasteiger partial charge is 0.445 e. The zero-order valence-corrected chi connectivity index (χ0v) is 18.2. The molecule has 2 heterocycles. The molecule has 1 unspecified atom stereocenters. The second-order valence-electron chi connectivity index (χ2n) is 8.01. The Labute approximate surface area is 197 Å². The Balaban J connectivity index is 1.28. The number of carbonyl (C=O) groups is 4. The topological polar surface area (TPSA) is 114 Å². The Kier molecular flexibility index (Phi) is 6.63. The molecule has 2 aliphatic rings. The van der Waals surface area contributed by atoms with Crippen molar-refractivity contribution >= 4 is 23.8 Å². The average molecular weight is 491 g/mol. The number of carbonyl (C=O) groups excluding carboxylic acids is 4. The van der Waals surface area contributed by atoms with Crippen LogP contribution in [-0.2, 0) is 34.0 Å². The van der Waals surface area contributed by atoms with Crippen molar-refractivity contribution in [3.8, 4) is 5.75 Å². The average Bonchev–Trinajstić information content (AvgIpc) is 3.12. The number of amides is 4. The summed E-state index contributed by atoms with van der Waals surface area (Å²) in [5, 5.41) is 4.79. The van der Waals surface area contributed by atoms with Gasteiger partial charge < -0.3 is 19.7 Å². The van der Waals surface area contributed by atoms with Crippen LogP contribution in [0.2, 0.25) is 0 Å². The third-order valence-electron chi connectivity index (χ3n) is 5.56. The number of piperidine rings is 1. The van der Waals surface area contributed by atoms with Gasteiger partial charge in [0.15, 0.2) is 0 Å². The van der Waals surface area contributed by atoms with Crippen molar-refractivity contribution in [1.29, 1.82) is 0 Å². The van der Waals surface area contributed by atoms with E-state index in [1.54, 1.807) is 18.2 Å². The van der Waals surface area contributed by atoms with Crippen LogP contribution in [0.4, 0.5) is 18.0 Å². The summed E-state index contributed by atoms with van der Waals surface area (Å²) in [6.45, 7) is 0.154. The van der Waals surface area contributed by atoms with E-state index in [-0.39, 0.29) is 50.1 Å². The normalized spacial score (nSPS) is 17.6. The summed E-state index contributed by atoms with van der Waals surface area (Å²) in [7, 11) is 0. The molecular formula is C23H20F3N3O6. The molecule has 1 fully saturated rings. The number of nitrogens with zero attached hydrogens (tertiary/aromatic N) is 1. The molecule has 4 amide bonds. The molecule has 0 saturated carbocycles. The first-order chi connectivity index (χ1) is 16.6. The number of nitrogens with one attached hydrogen (secondary N) is 2. The van der Waals surface area contributed by atoms with Gasteiger partial charge in [-0.2, -0.15) is 0 Å². The maximum atomic E-state index is 12.9. The van der Waals surface area contributed by atoms with Crippen LogP contribution in [-0.4, -0.2) is 41.1 Å². The van der Waals surface area contributed by atoms with Gasteiger partial charge in [0.1, 0.15) is 18.4 Å². The molecule has 12 heteroatoms. The van der Waals surface area contributed by atoms with E-state index >= 15 is 0 Å². The molecule has 1 saturated heterocycles. The van der Waals surface area contributed by atoms with Crippen molar-refractivity contribution in [2.24, 2.45) is 0 Å². The number of benzene rings is 2. The first-order valence-electron chi connectivity index (χ1n) is 10.6. The Bertz CT molecular complexity index is 1170. The van der Waals surface area contributed by atoms with E-state index in [0.717, 1.165) is 17.7 Å². The van der Waals surface area contributed by atoms with E-state index in [1.165, 1.54) is 17.0 Å². The van der Waals surface area contributed by atoms with Crippen molar-refractivity contribution in [2.45, 2.75) is 44.9 Å². The zero-order chi connectivity index (χ0) is 25.2. The molecule has 1 atom stereocenters. The second-order valence-corrected chi connectivity index (χ2v) is 8.01. The predicted octanol–water partition coefficient (Wildman–Crippen LogP) is 2.77.